The van der Waals surface area contributed by atoms with Crippen LogP contribution in [0.25, 0.3) is 0 Å². The van der Waals surface area contributed by atoms with Gasteiger partial charge in [-0.15, -0.1) is 0 Å². The molecule has 3 heterocycles. The third kappa shape index (κ3) is 6.14. The Hall–Kier alpha value is -2.21. The number of hydrogen-bond donors (Lipinski definition) is 1. The third-order valence-corrected chi connectivity index (χ3v) is 6.63. The van der Waals surface area contributed by atoms with E-state index in [4.69, 9.17) is 9.90 Å². The maximum Gasteiger partial charge on any atom is 0.490 e. The fourth-order valence-corrected chi connectivity index (χ4v) is 4.69. The summed E-state index contributed by atoms with van der Waals surface area (Å²) in [5, 5.41) is 7.12. The zero-order valence-corrected chi connectivity index (χ0v) is 17.2. The van der Waals surface area contributed by atoms with Crippen LogP contribution >= 0.6 is 0 Å². The highest BCUT2D eigenvalue weighted by molar-refractivity contribution is 7.88. The van der Waals surface area contributed by atoms with E-state index in [1.165, 1.54) is 6.26 Å². The molecule has 12 heteroatoms. The van der Waals surface area contributed by atoms with Crippen LogP contribution in [-0.4, -0.2) is 70.7 Å². The largest absolute Gasteiger partial charge is 0.490 e. The molecule has 1 atom stereocenters. The maximum absolute atomic E-state index is 12.4. The molecule has 1 N–H and O–H groups in total. The number of sulfonamides is 1. The molecule has 2 saturated heterocycles. The molecule has 8 nitrogen and oxygen atoms in total. The van der Waals surface area contributed by atoms with E-state index in [1.807, 2.05) is 17.0 Å². The summed E-state index contributed by atoms with van der Waals surface area (Å²) in [5.41, 5.74) is 0.818. The number of hydrogen-bond acceptors (Lipinski definition) is 5. The number of nitrogens with zero attached hydrogens (tertiary/aromatic N) is 3. The van der Waals surface area contributed by atoms with Crippen molar-refractivity contribution in [1.82, 2.24) is 14.2 Å². The first-order valence-electron chi connectivity index (χ1n) is 9.30. The lowest BCUT2D eigenvalue weighted by atomic mass is 9.87. The number of aromatic nitrogens is 1. The van der Waals surface area contributed by atoms with Crippen LogP contribution in [0.3, 0.4) is 0 Å². The zero-order chi connectivity index (χ0) is 22.6. The van der Waals surface area contributed by atoms with Crippen LogP contribution in [0.1, 0.15) is 37.7 Å². The van der Waals surface area contributed by atoms with Crippen molar-refractivity contribution in [3.05, 3.63) is 30.1 Å². The Morgan fingerprint density at radius 1 is 1.27 bits per heavy atom. The molecule has 1 spiro atoms. The van der Waals surface area contributed by atoms with E-state index < -0.39 is 22.2 Å². The molecule has 1 unspecified atom stereocenters. The van der Waals surface area contributed by atoms with Crippen LogP contribution in [0, 0.1) is 0 Å². The van der Waals surface area contributed by atoms with Gasteiger partial charge in [-0.1, -0.05) is 6.07 Å². The van der Waals surface area contributed by atoms with Gasteiger partial charge in [-0.25, -0.2) is 17.5 Å². The first-order valence-corrected chi connectivity index (χ1v) is 11.1. The van der Waals surface area contributed by atoms with Gasteiger partial charge in [0.25, 0.3) is 0 Å². The second kappa shape index (κ2) is 9.29. The second-order valence-electron chi connectivity index (χ2n) is 7.38. The number of rotatable bonds is 3. The minimum atomic E-state index is -5.08. The van der Waals surface area contributed by atoms with E-state index in [0.717, 1.165) is 24.8 Å². The first kappa shape index (κ1) is 24.1. The van der Waals surface area contributed by atoms with Gasteiger partial charge >= 0.3 is 12.1 Å². The number of carbonyl (C=O) groups excluding carboxylic acids is 1. The molecule has 30 heavy (non-hydrogen) atoms. The van der Waals surface area contributed by atoms with Crippen LogP contribution in [0.4, 0.5) is 13.2 Å². The van der Waals surface area contributed by atoms with Crippen molar-refractivity contribution in [3.8, 4) is 0 Å². The van der Waals surface area contributed by atoms with Crippen molar-refractivity contribution >= 4 is 21.9 Å². The van der Waals surface area contributed by atoms with E-state index in [2.05, 4.69) is 4.98 Å². The molecular formula is C18H24F3N3O5S. The predicted molar refractivity (Wildman–Crippen MR) is 101 cm³/mol. The highest BCUT2D eigenvalue weighted by Gasteiger charge is 2.46. The van der Waals surface area contributed by atoms with Crippen molar-refractivity contribution in [1.29, 1.82) is 0 Å². The Morgan fingerprint density at radius 3 is 2.47 bits per heavy atom. The van der Waals surface area contributed by atoms with Crippen molar-refractivity contribution < 1.29 is 36.3 Å². The summed E-state index contributed by atoms with van der Waals surface area (Å²) in [5.74, 6) is -2.59. The predicted octanol–water partition coefficient (Wildman–Crippen LogP) is 2.02. The van der Waals surface area contributed by atoms with E-state index in [-0.39, 0.29) is 11.4 Å². The fourth-order valence-electron chi connectivity index (χ4n) is 3.81. The Kier molecular flexibility index (Phi) is 7.45. The lowest BCUT2D eigenvalue weighted by Crippen LogP contribution is -2.46. The number of amides is 1. The summed E-state index contributed by atoms with van der Waals surface area (Å²) in [6.45, 7) is 1.61. The van der Waals surface area contributed by atoms with Gasteiger partial charge in [-0.2, -0.15) is 13.2 Å². The average molecular weight is 451 g/mol. The Balaban J connectivity index is 0.000000396. The Morgan fingerprint density at radius 2 is 1.93 bits per heavy atom. The van der Waals surface area contributed by atoms with E-state index >= 15 is 0 Å². The number of carboxylic acids is 1. The molecule has 0 radical (unpaired) electrons. The molecule has 1 aromatic rings. The van der Waals surface area contributed by atoms with E-state index in [1.54, 1.807) is 16.7 Å². The molecule has 1 aromatic heterocycles. The second-order valence-corrected chi connectivity index (χ2v) is 9.37. The molecule has 2 fully saturated rings. The summed E-state index contributed by atoms with van der Waals surface area (Å²) in [7, 11) is -3.17. The number of halogens is 3. The lowest BCUT2D eigenvalue weighted by Gasteiger charge is -2.38. The van der Waals surface area contributed by atoms with E-state index in [9.17, 15) is 26.4 Å². The summed E-state index contributed by atoms with van der Waals surface area (Å²) in [4.78, 5) is 27.4. The summed E-state index contributed by atoms with van der Waals surface area (Å²) in [6, 6.07) is 3.85. The smallest absolute Gasteiger partial charge is 0.475 e. The average Bonchev–Trinajstić information content (AvgIpc) is 2.82. The topological polar surface area (TPSA) is 108 Å². The van der Waals surface area contributed by atoms with Crippen molar-refractivity contribution in [3.63, 3.8) is 0 Å². The molecule has 0 aliphatic carbocycles. The van der Waals surface area contributed by atoms with Crippen molar-refractivity contribution in [2.75, 3.05) is 19.3 Å². The normalized spacial score (nSPS) is 23.1. The molecule has 1 amide bonds. The lowest BCUT2D eigenvalue weighted by molar-refractivity contribution is -0.192. The number of alkyl halides is 3. The van der Waals surface area contributed by atoms with Gasteiger partial charge < -0.3 is 10.0 Å². The van der Waals surface area contributed by atoms with E-state index in [0.29, 0.717) is 32.5 Å². The third-order valence-electron chi connectivity index (χ3n) is 5.33. The SMILES string of the molecule is CS(=O)(=O)N1CCCC2(CCC(=O)N2Cc2cccnc2)CC1.O=C(O)C(F)(F)F. The van der Waals surface area contributed by atoms with Gasteiger partial charge in [0.15, 0.2) is 0 Å². The minimum Gasteiger partial charge on any atom is -0.475 e. The van der Waals surface area contributed by atoms with Gasteiger partial charge in [0.2, 0.25) is 15.9 Å². The number of aliphatic carboxylic acids is 1. The van der Waals surface area contributed by atoms with Crippen molar-refractivity contribution in [2.24, 2.45) is 0 Å². The molecule has 2 aliphatic heterocycles. The van der Waals surface area contributed by atoms with Gasteiger partial charge in [0.05, 0.1) is 6.26 Å². The highest BCUT2D eigenvalue weighted by Crippen LogP contribution is 2.40. The standard InChI is InChI=1S/C16H23N3O3S.C2HF3O2/c1-23(21,22)18-10-3-6-16(8-11-18)7-5-15(20)19(16)13-14-4-2-9-17-12-14;3-2(4,5)1(6)7/h2,4,9,12H,3,5-8,10-11,13H2,1H3;(H,6,7). The summed E-state index contributed by atoms with van der Waals surface area (Å²) in [6.07, 6.45) is 3.45. The fraction of sp³-hybridized carbons (Fsp3) is 0.611. The molecule has 0 bridgehead atoms. The van der Waals surface area contributed by atoms with Gasteiger partial charge in [0.1, 0.15) is 0 Å². The zero-order valence-electron chi connectivity index (χ0n) is 16.4. The van der Waals surface area contributed by atoms with Gasteiger partial charge in [-0.05, 0) is 37.3 Å². The molecule has 2 aliphatic rings. The maximum atomic E-state index is 12.4. The van der Waals surface area contributed by atoms with Gasteiger partial charge in [-0.3, -0.25) is 9.78 Å². The number of pyridine rings is 1. The van der Waals surface area contributed by atoms with Crippen molar-refractivity contribution in [2.45, 2.75) is 50.4 Å². The molecule has 0 saturated carbocycles. The molecule has 0 aromatic carbocycles. The monoisotopic (exact) mass is 451 g/mol. The van der Waals surface area contributed by atoms with Gasteiger partial charge in [0, 0.05) is 44.0 Å². The molecule has 3 rings (SSSR count). The highest BCUT2D eigenvalue weighted by atomic mass is 32.2. The quantitative estimate of drug-likeness (QED) is 0.754. The number of likely N-dealkylation sites (tertiary alicyclic amines) is 1. The Bertz CT molecular complexity index is 864. The van der Waals surface area contributed by atoms with Crippen LogP contribution in [-0.2, 0) is 26.2 Å². The van der Waals surface area contributed by atoms with Crippen LogP contribution in [0.5, 0.6) is 0 Å². The number of carbonyl (C=O) groups is 2. The van der Waals surface area contributed by atoms with Crippen LogP contribution in [0.2, 0.25) is 0 Å². The Labute approximate surface area is 172 Å². The number of carboxylic acid groups (broad SMARTS) is 1. The molecular weight excluding hydrogens is 427 g/mol. The van der Waals surface area contributed by atoms with Crippen LogP contribution < -0.4 is 0 Å². The minimum absolute atomic E-state index is 0.168. The first-order chi connectivity index (χ1) is 13.8. The summed E-state index contributed by atoms with van der Waals surface area (Å²) < 4.78 is 56.9. The summed E-state index contributed by atoms with van der Waals surface area (Å²) >= 11 is 0. The molecule has 168 valence electrons. The van der Waals surface area contributed by atoms with Crippen LogP contribution in [0.15, 0.2) is 24.5 Å².